The van der Waals surface area contributed by atoms with Crippen molar-refractivity contribution in [2.45, 2.75) is 19.0 Å². The second-order valence-electron chi connectivity index (χ2n) is 3.28. The van der Waals surface area contributed by atoms with E-state index in [2.05, 4.69) is 5.32 Å². The van der Waals surface area contributed by atoms with Crippen molar-refractivity contribution in [3.8, 4) is 5.75 Å². The van der Waals surface area contributed by atoms with E-state index < -0.39 is 6.17 Å². The molecule has 0 fully saturated rings. The molecule has 1 aliphatic heterocycles. The number of alkyl halides is 1. The van der Waals surface area contributed by atoms with Crippen LogP contribution in [0.25, 0.3) is 0 Å². The molecule has 0 aromatic heterocycles. The molecule has 1 aromatic carbocycles. The molecular formula is C10H12FNO. The molecule has 0 saturated heterocycles. The van der Waals surface area contributed by atoms with E-state index in [-0.39, 0.29) is 5.75 Å². The topological polar surface area (TPSA) is 32.3 Å². The van der Waals surface area contributed by atoms with Crippen LogP contribution in [0.5, 0.6) is 5.75 Å². The third-order valence-corrected chi connectivity index (χ3v) is 2.35. The van der Waals surface area contributed by atoms with Crippen LogP contribution in [0, 0.1) is 0 Å². The van der Waals surface area contributed by atoms with Crippen LogP contribution >= 0.6 is 0 Å². The molecule has 0 spiro atoms. The Balaban J connectivity index is 2.47. The zero-order valence-corrected chi connectivity index (χ0v) is 7.26. The third kappa shape index (κ3) is 1.46. The summed E-state index contributed by atoms with van der Waals surface area (Å²) in [7, 11) is 0. The number of phenolic OH excluding ortho intramolecular Hbond substituents is 1. The van der Waals surface area contributed by atoms with Gasteiger partial charge in [-0.2, -0.15) is 0 Å². The summed E-state index contributed by atoms with van der Waals surface area (Å²) in [4.78, 5) is 0. The molecule has 1 aromatic rings. The van der Waals surface area contributed by atoms with Gasteiger partial charge in [-0.15, -0.1) is 0 Å². The molecule has 0 saturated carbocycles. The van der Waals surface area contributed by atoms with E-state index in [1.54, 1.807) is 18.2 Å². The summed E-state index contributed by atoms with van der Waals surface area (Å²) < 4.78 is 13.5. The average Bonchev–Trinajstić information content (AvgIpc) is 2.30. The molecule has 1 unspecified atom stereocenters. The Morgan fingerprint density at radius 3 is 3.15 bits per heavy atom. The molecule has 70 valence electrons. The van der Waals surface area contributed by atoms with Gasteiger partial charge in [0.05, 0.1) is 5.69 Å². The van der Waals surface area contributed by atoms with Gasteiger partial charge in [-0.05, 0) is 18.9 Å². The first-order valence-corrected chi connectivity index (χ1v) is 4.49. The monoisotopic (exact) mass is 181 g/mol. The molecule has 0 aliphatic carbocycles. The zero-order valence-electron chi connectivity index (χ0n) is 7.26. The second-order valence-corrected chi connectivity index (χ2v) is 3.28. The minimum absolute atomic E-state index is 0.141. The van der Waals surface area contributed by atoms with Crippen molar-refractivity contribution >= 4 is 5.69 Å². The zero-order chi connectivity index (χ0) is 9.26. The Kier molecular flexibility index (Phi) is 2.08. The Morgan fingerprint density at radius 2 is 2.31 bits per heavy atom. The van der Waals surface area contributed by atoms with Gasteiger partial charge in [0.1, 0.15) is 11.9 Å². The first-order chi connectivity index (χ1) is 6.29. The summed E-state index contributed by atoms with van der Waals surface area (Å²) >= 11 is 0. The summed E-state index contributed by atoms with van der Waals surface area (Å²) in [5.41, 5.74) is 1.14. The van der Waals surface area contributed by atoms with Gasteiger partial charge in [0, 0.05) is 12.1 Å². The SMILES string of the molecule is Oc1cccc2c1NCCCC2F. The van der Waals surface area contributed by atoms with E-state index in [9.17, 15) is 9.50 Å². The first-order valence-electron chi connectivity index (χ1n) is 4.49. The number of benzene rings is 1. The molecule has 0 amide bonds. The molecular weight excluding hydrogens is 169 g/mol. The first kappa shape index (κ1) is 8.35. The van der Waals surface area contributed by atoms with Crippen molar-refractivity contribution in [3.63, 3.8) is 0 Å². The number of para-hydroxylation sites is 1. The highest BCUT2D eigenvalue weighted by Crippen LogP contribution is 2.37. The highest BCUT2D eigenvalue weighted by Gasteiger charge is 2.19. The number of fused-ring (bicyclic) bond motifs is 1. The fourth-order valence-corrected chi connectivity index (χ4v) is 1.66. The lowest BCUT2D eigenvalue weighted by molar-refractivity contribution is 0.323. The maximum absolute atomic E-state index is 13.5. The van der Waals surface area contributed by atoms with Crippen LogP contribution in [-0.4, -0.2) is 11.7 Å². The van der Waals surface area contributed by atoms with Gasteiger partial charge in [-0.1, -0.05) is 12.1 Å². The number of aromatic hydroxyl groups is 1. The van der Waals surface area contributed by atoms with Crippen molar-refractivity contribution < 1.29 is 9.50 Å². The molecule has 1 aliphatic rings. The van der Waals surface area contributed by atoms with Crippen molar-refractivity contribution in [3.05, 3.63) is 23.8 Å². The highest BCUT2D eigenvalue weighted by molar-refractivity contribution is 5.62. The van der Waals surface area contributed by atoms with Crippen LogP contribution in [0.15, 0.2) is 18.2 Å². The fraction of sp³-hybridized carbons (Fsp3) is 0.400. The van der Waals surface area contributed by atoms with Crippen LogP contribution in [0.3, 0.4) is 0 Å². The van der Waals surface area contributed by atoms with Gasteiger partial charge in [-0.25, -0.2) is 4.39 Å². The smallest absolute Gasteiger partial charge is 0.139 e. The Hall–Kier alpha value is -1.25. The van der Waals surface area contributed by atoms with Gasteiger partial charge in [-0.3, -0.25) is 0 Å². The predicted molar refractivity (Wildman–Crippen MR) is 49.7 cm³/mol. The number of rotatable bonds is 0. The van der Waals surface area contributed by atoms with E-state index in [1.807, 2.05) is 0 Å². The van der Waals surface area contributed by atoms with Crippen LogP contribution in [0.1, 0.15) is 24.6 Å². The Bertz CT molecular complexity index is 314. The molecule has 1 atom stereocenters. The highest BCUT2D eigenvalue weighted by atomic mass is 19.1. The van der Waals surface area contributed by atoms with Gasteiger partial charge >= 0.3 is 0 Å². The van der Waals surface area contributed by atoms with Gasteiger partial charge in [0.25, 0.3) is 0 Å². The summed E-state index contributed by atoms with van der Waals surface area (Å²) in [6, 6.07) is 4.97. The van der Waals surface area contributed by atoms with E-state index in [4.69, 9.17) is 0 Å². The van der Waals surface area contributed by atoms with Gasteiger partial charge in [0.2, 0.25) is 0 Å². The predicted octanol–water partition coefficient (Wildman–Crippen LogP) is 2.61. The van der Waals surface area contributed by atoms with E-state index >= 15 is 0 Å². The normalized spacial score (nSPS) is 21.5. The lowest BCUT2D eigenvalue weighted by atomic mass is 10.1. The van der Waals surface area contributed by atoms with Crippen molar-refractivity contribution in [2.75, 3.05) is 11.9 Å². The quantitative estimate of drug-likeness (QED) is 0.603. The molecule has 3 heteroatoms. The molecule has 13 heavy (non-hydrogen) atoms. The van der Waals surface area contributed by atoms with E-state index in [1.165, 1.54) is 0 Å². The van der Waals surface area contributed by atoms with Crippen molar-refractivity contribution in [2.24, 2.45) is 0 Å². The molecule has 2 N–H and O–H groups in total. The number of anilines is 1. The maximum Gasteiger partial charge on any atom is 0.139 e. The summed E-state index contributed by atoms with van der Waals surface area (Å²) in [6.07, 6.45) is 0.385. The summed E-state index contributed by atoms with van der Waals surface area (Å²) in [5, 5.41) is 12.5. The lowest BCUT2D eigenvalue weighted by Crippen LogP contribution is -1.99. The average molecular weight is 181 g/mol. The van der Waals surface area contributed by atoms with Crippen molar-refractivity contribution in [1.29, 1.82) is 0 Å². The second kappa shape index (κ2) is 3.24. The van der Waals surface area contributed by atoms with E-state index in [0.717, 1.165) is 13.0 Å². The third-order valence-electron chi connectivity index (χ3n) is 2.35. The van der Waals surface area contributed by atoms with Crippen molar-refractivity contribution in [1.82, 2.24) is 0 Å². The minimum atomic E-state index is -0.947. The molecule has 2 nitrogen and oxygen atoms in total. The molecule has 1 heterocycles. The molecule has 2 rings (SSSR count). The number of hydrogen-bond acceptors (Lipinski definition) is 2. The number of halogens is 1. The Labute approximate surface area is 76.4 Å². The van der Waals surface area contributed by atoms with E-state index in [0.29, 0.717) is 17.7 Å². The largest absolute Gasteiger partial charge is 0.506 e. The number of nitrogens with one attached hydrogen (secondary N) is 1. The lowest BCUT2D eigenvalue weighted by Gasteiger charge is -2.10. The van der Waals surface area contributed by atoms with Crippen LogP contribution < -0.4 is 5.32 Å². The van der Waals surface area contributed by atoms with Gasteiger partial charge < -0.3 is 10.4 Å². The summed E-state index contributed by atoms with van der Waals surface area (Å²) in [6.45, 7) is 0.727. The summed E-state index contributed by atoms with van der Waals surface area (Å²) in [5.74, 6) is 0.141. The van der Waals surface area contributed by atoms with Gasteiger partial charge in [0.15, 0.2) is 0 Å². The van der Waals surface area contributed by atoms with Crippen LogP contribution in [0.2, 0.25) is 0 Å². The molecule has 0 radical (unpaired) electrons. The maximum atomic E-state index is 13.5. The van der Waals surface area contributed by atoms with Crippen LogP contribution in [-0.2, 0) is 0 Å². The minimum Gasteiger partial charge on any atom is -0.506 e. The number of hydrogen-bond donors (Lipinski definition) is 2. The molecule has 0 bridgehead atoms. The van der Waals surface area contributed by atoms with Crippen LogP contribution in [0.4, 0.5) is 10.1 Å². The standard InChI is InChI=1S/C10H12FNO/c11-8-4-2-6-12-10-7(8)3-1-5-9(10)13/h1,3,5,8,12-13H,2,4,6H2. The fourth-order valence-electron chi connectivity index (χ4n) is 1.66. The number of phenols is 1. The Morgan fingerprint density at radius 1 is 1.46 bits per heavy atom.